The molecule has 0 aliphatic carbocycles. The second-order valence-electron chi connectivity index (χ2n) is 7.39. The molecule has 148 valence electrons. The van der Waals surface area contributed by atoms with Crippen molar-refractivity contribution in [3.05, 3.63) is 41.5 Å². The third-order valence-corrected chi connectivity index (χ3v) is 5.34. The molecule has 1 saturated heterocycles. The number of aromatic nitrogens is 3. The minimum Gasteiger partial charge on any atom is -0.339 e. The van der Waals surface area contributed by atoms with Crippen LogP contribution in [0.1, 0.15) is 48.2 Å². The van der Waals surface area contributed by atoms with Crippen molar-refractivity contribution < 1.29 is 9.59 Å². The molecule has 28 heavy (non-hydrogen) atoms. The largest absolute Gasteiger partial charge is 0.339 e. The molecule has 0 radical (unpaired) electrons. The SMILES string of the molecule is CCc1nc2n(n1)CC(NC(=O)Nc1ccc(C(=O)N3CCCC3)cc1)CC2. The summed E-state index contributed by atoms with van der Waals surface area (Å²) in [7, 11) is 0. The van der Waals surface area contributed by atoms with E-state index in [1.807, 2.05) is 16.5 Å². The van der Waals surface area contributed by atoms with Crippen LogP contribution in [-0.4, -0.2) is 50.7 Å². The molecule has 3 heterocycles. The molecule has 3 amide bonds. The Morgan fingerprint density at radius 2 is 1.93 bits per heavy atom. The molecule has 1 atom stereocenters. The van der Waals surface area contributed by atoms with Gasteiger partial charge in [0.1, 0.15) is 5.82 Å². The lowest BCUT2D eigenvalue weighted by molar-refractivity contribution is 0.0793. The second kappa shape index (κ2) is 8.00. The third-order valence-electron chi connectivity index (χ3n) is 5.34. The van der Waals surface area contributed by atoms with Gasteiger partial charge < -0.3 is 15.5 Å². The lowest BCUT2D eigenvalue weighted by Gasteiger charge is -2.23. The van der Waals surface area contributed by atoms with E-state index in [1.54, 1.807) is 24.3 Å². The van der Waals surface area contributed by atoms with Gasteiger partial charge in [-0.05, 0) is 43.5 Å². The van der Waals surface area contributed by atoms with E-state index >= 15 is 0 Å². The van der Waals surface area contributed by atoms with Crippen molar-refractivity contribution in [2.24, 2.45) is 0 Å². The van der Waals surface area contributed by atoms with Crippen LogP contribution in [0.25, 0.3) is 0 Å². The molecule has 2 aliphatic heterocycles. The molecule has 0 spiro atoms. The fourth-order valence-corrected chi connectivity index (χ4v) is 3.78. The summed E-state index contributed by atoms with van der Waals surface area (Å²) in [6.07, 6.45) is 4.61. The molecule has 2 aliphatic rings. The van der Waals surface area contributed by atoms with Gasteiger partial charge >= 0.3 is 6.03 Å². The molecule has 2 aromatic rings. The molecule has 8 nitrogen and oxygen atoms in total. The summed E-state index contributed by atoms with van der Waals surface area (Å²) in [6, 6.07) is 6.85. The van der Waals surface area contributed by atoms with Crippen molar-refractivity contribution >= 4 is 17.6 Å². The van der Waals surface area contributed by atoms with Crippen molar-refractivity contribution in [3.8, 4) is 0 Å². The van der Waals surface area contributed by atoms with Crippen molar-refractivity contribution in [2.45, 2.75) is 51.6 Å². The Bertz CT molecular complexity index is 854. The average molecular weight is 382 g/mol. The number of carbonyl (C=O) groups excluding carboxylic acids is 2. The number of carbonyl (C=O) groups is 2. The number of nitrogens with zero attached hydrogens (tertiary/aromatic N) is 4. The number of aryl methyl sites for hydroxylation is 2. The van der Waals surface area contributed by atoms with Gasteiger partial charge in [-0.2, -0.15) is 5.10 Å². The van der Waals surface area contributed by atoms with Crippen molar-refractivity contribution in [1.82, 2.24) is 25.0 Å². The minimum atomic E-state index is -0.247. The van der Waals surface area contributed by atoms with Crippen LogP contribution in [0.5, 0.6) is 0 Å². The molecule has 4 rings (SSSR count). The second-order valence-corrected chi connectivity index (χ2v) is 7.39. The predicted molar refractivity (Wildman–Crippen MR) is 105 cm³/mol. The summed E-state index contributed by atoms with van der Waals surface area (Å²) in [4.78, 5) is 31.1. The summed E-state index contributed by atoms with van der Waals surface area (Å²) < 4.78 is 1.89. The van der Waals surface area contributed by atoms with E-state index in [9.17, 15) is 9.59 Å². The highest BCUT2D eigenvalue weighted by atomic mass is 16.2. The number of rotatable bonds is 4. The zero-order valence-corrected chi connectivity index (χ0v) is 16.1. The number of amides is 3. The van der Waals surface area contributed by atoms with E-state index in [0.29, 0.717) is 17.8 Å². The molecular formula is C20H26N6O2. The van der Waals surface area contributed by atoms with Crippen molar-refractivity contribution in [2.75, 3.05) is 18.4 Å². The molecule has 1 aromatic heterocycles. The molecule has 1 fully saturated rings. The Kier molecular flexibility index (Phi) is 5.27. The lowest BCUT2D eigenvalue weighted by Crippen LogP contribution is -2.43. The number of likely N-dealkylation sites (tertiary alicyclic amines) is 1. The molecule has 1 aromatic carbocycles. The van der Waals surface area contributed by atoms with Gasteiger partial charge in [0.05, 0.1) is 12.6 Å². The Morgan fingerprint density at radius 1 is 1.18 bits per heavy atom. The molecule has 1 unspecified atom stereocenters. The number of anilines is 1. The number of hydrogen-bond acceptors (Lipinski definition) is 4. The van der Waals surface area contributed by atoms with Crippen LogP contribution in [0.2, 0.25) is 0 Å². The van der Waals surface area contributed by atoms with Crippen LogP contribution in [0.4, 0.5) is 10.5 Å². The molecule has 8 heteroatoms. The van der Waals surface area contributed by atoms with E-state index in [4.69, 9.17) is 0 Å². The van der Waals surface area contributed by atoms with Gasteiger partial charge in [-0.25, -0.2) is 14.5 Å². The normalized spacial score (nSPS) is 18.6. The molecule has 0 bridgehead atoms. The number of hydrogen-bond donors (Lipinski definition) is 2. The summed E-state index contributed by atoms with van der Waals surface area (Å²) in [5.41, 5.74) is 1.33. The topological polar surface area (TPSA) is 92.1 Å². The maximum Gasteiger partial charge on any atom is 0.319 e. The van der Waals surface area contributed by atoms with Crippen molar-refractivity contribution in [3.63, 3.8) is 0 Å². The first-order valence-electron chi connectivity index (χ1n) is 10.0. The number of urea groups is 1. The van der Waals surface area contributed by atoms with Gasteiger partial charge in [0.2, 0.25) is 0 Å². The van der Waals surface area contributed by atoms with Gasteiger partial charge in [-0.15, -0.1) is 0 Å². The summed E-state index contributed by atoms with van der Waals surface area (Å²) >= 11 is 0. The Labute approximate surface area is 164 Å². The number of benzene rings is 1. The van der Waals surface area contributed by atoms with Crippen LogP contribution in [-0.2, 0) is 19.4 Å². The Balaban J connectivity index is 1.30. The highest BCUT2D eigenvalue weighted by Gasteiger charge is 2.23. The van der Waals surface area contributed by atoms with E-state index < -0.39 is 0 Å². The van der Waals surface area contributed by atoms with Crippen LogP contribution in [0.15, 0.2) is 24.3 Å². The van der Waals surface area contributed by atoms with Crippen LogP contribution < -0.4 is 10.6 Å². The highest BCUT2D eigenvalue weighted by Crippen LogP contribution is 2.16. The summed E-state index contributed by atoms with van der Waals surface area (Å²) in [5.74, 6) is 1.91. The predicted octanol–water partition coefficient (Wildman–Crippen LogP) is 2.21. The van der Waals surface area contributed by atoms with E-state index in [0.717, 1.165) is 56.8 Å². The van der Waals surface area contributed by atoms with E-state index in [2.05, 4.69) is 20.7 Å². The van der Waals surface area contributed by atoms with Gasteiger partial charge in [-0.1, -0.05) is 6.92 Å². The first-order valence-corrected chi connectivity index (χ1v) is 10.0. The lowest BCUT2D eigenvalue weighted by atomic mass is 10.1. The standard InChI is InChI=1S/C20H26N6O2/c1-2-17-23-18-10-9-16(13-26(18)24-17)22-20(28)21-15-7-5-14(6-8-15)19(27)25-11-3-4-12-25/h5-8,16H,2-4,9-13H2,1H3,(H2,21,22,28). The molecule has 2 N–H and O–H groups in total. The van der Waals surface area contributed by atoms with Crippen molar-refractivity contribution in [1.29, 1.82) is 0 Å². The minimum absolute atomic E-state index is 0.0231. The van der Waals surface area contributed by atoms with E-state index in [-0.39, 0.29) is 18.0 Å². The fourth-order valence-electron chi connectivity index (χ4n) is 3.78. The summed E-state index contributed by atoms with van der Waals surface area (Å²) in [6.45, 7) is 4.33. The maximum atomic E-state index is 12.4. The quantitative estimate of drug-likeness (QED) is 0.848. The van der Waals surface area contributed by atoms with Crippen LogP contribution in [0, 0.1) is 0 Å². The molecular weight excluding hydrogens is 356 g/mol. The number of nitrogens with one attached hydrogen (secondary N) is 2. The Hall–Kier alpha value is -2.90. The smallest absolute Gasteiger partial charge is 0.319 e. The third kappa shape index (κ3) is 4.00. The maximum absolute atomic E-state index is 12.4. The van der Waals surface area contributed by atoms with Crippen LogP contribution in [0.3, 0.4) is 0 Å². The summed E-state index contributed by atoms with van der Waals surface area (Å²) in [5, 5.41) is 10.3. The van der Waals surface area contributed by atoms with E-state index in [1.165, 1.54) is 0 Å². The first kappa shape index (κ1) is 18.5. The first-order chi connectivity index (χ1) is 13.6. The zero-order valence-electron chi connectivity index (χ0n) is 16.1. The monoisotopic (exact) mass is 382 g/mol. The Morgan fingerprint density at radius 3 is 2.64 bits per heavy atom. The zero-order chi connectivity index (χ0) is 19.5. The van der Waals surface area contributed by atoms with Crippen LogP contribution >= 0.6 is 0 Å². The van der Waals surface area contributed by atoms with Gasteiger partial charge in [-0.3, -0.25) is 4.79 Å². The number of fused-ring (bicyclic) bond motifs is 1. The molecule has 0 saturated carbocycles. The van der Waals surface area contributed by atoms with Gasteiger partial charge in [0, 0.05) is 37.2 Å². The highest BCUT2D eigenvalue weighted by molar-refractivity contribution is 5.95. The van der Waals surface area contributed by atoms with Gasteiger partial charge in [0.15, 0.2) is 5.82 Å². The fraction of sp³-hybridized carbons (Fsp3) is 0.500. The van der Waals surface area contributed by atoms with Gasteiger partial charge in [0.25, 0.3) is 5.91 Å². The average Bonchev–Trinajstić information content (AvgIpc) is 3.37.